The fraction of sp³-hybridized carbons (Fsp3) is 0.333. The molecule has 2 aromatic rings. The first-order valence-electron chi connectivity index (χ1n) is 7.06. The molecule has 0 aliphatic carbocycles. The van der Waals surface area contributed by atoms with Gasteiger partial charge in [0.2, 0.25) is 0 Å². The van der Waals surface area contributed by atoms with Crippen LogP contribution < -0.4 is 0 Å². The lowest BCUT2D eigenvalue weighted by molar-refractivity contribution is 0.792. The van der Waals surface area contributed by atoms with E-state index in [0.29, 0.717) is 0 Å². The van der Waals surface area contributed by atoms with E-state index >= 15 is 0 Å². The zero-order valence-corrected chi connectivity index (χ0v) is 12.2. The van der Waals surface area contributed by atoms with Gasteiger partial charge in [-0.25, -0.2) is 0 Å². The molecule has 0 saturated heterocycles. The Bertz CT molecular complexity index is 473. The Labute approximate surface area is 121 Å². The summed E-state index contributed by atoms with van der Waals surface area (Å²) in [5.74, 6) is 0. The highest BCUT2D eigenvalue weighted by molar-refractivity contribution is 6.20. The van der Waals surface area contributed by atoms with Crippen LogP contribution in [0.25, 0.3) is 0 Å². The van der Waals surface area contributed by atoms with Gasteiger partial charge in [-0.05, 0) is 36.0 Å². The predicted octanol–water partition coefficient (Wildman–Crippen LogP) is 5.55. The van der Waals surface area contributed by atoms with Crippen molar-refractivity contribution in [1.29, 1.82) is 0 Å². The Morgan fingerprint density at radius 1 is 0.842 bits per heavy atom. The van der Waals surface area contributed by atoms with Gasteiger partial charge in [0.15, 0.2) is 0 Å². The van der Waals surface area contributed by atoms with Crippen molar-refractivity contribution in [2.75, 3.05) is 0 Å². The molecule has 0 heterocycles. The summed E-state index contributed by atoms with van der Waals surface area (Å²) in [5.41, 5.74) is 4.02. The minimum atomic E-state index is 0.108. The lowest BCUT2D eigenvalue weighted by Crippen LogP contribution is -1.94. The van der Waals surface area contributed by atoms with Crippen LogP contribution in [0.15, 0.2) is 54.6 Å². The molecule has 1 heteroatoms. The SMILES string of the molecule is CCCc1ccc(CCC(Cl)c2ccccc2)cc1. The molecule has 19 heavy (non-hydrogen) atoms. The fourth-order valence-electron chi connectivity index (χ4n) is 2.28. The third kappa shape index (κ3) is 4.40. The smallest absolute Gasteiger partial charge is 0.0588 e. The van der Waals surface area contributed by atoms with E-state index in [2.05, 4.69) is 43.3 Å². The topological polar surface area (TPSA) is 0 Å². The molecule has 0 fully saturated rings. The molecule has 2 rings (SSSR count). The number of hydrogen-bond acceptors (Lipinski definition) is 0. The van der Waals surface area contributed by atoms with Gasteiger partial charge >= 0.3 is 0 Å². The second kappa shape index (κ2) is 7.35. The Morgan fingerprint density at radius 2 is 1.42 bits per heavy atom. The summed E-state index contributed by atoms with van der Waals surface area (Å²) in [6, 6.07) is 19.3. The van der Waals surface area contributed by atoms with Crippen LogP contribution in [-0.2, 0) is 12.8 Å². The minimum Gasteiger partial charge on any atom is -0.118 e. The number of halogens is 1. The zero-order valence-electron chi connectivity index (χ0n) is 11.5. The summed E-state index contributed by atoms with van der Waals surface area (Å²) in [4.78, 5) is 0. The van der Waals surface area contributed by atoms with Crippen molar-refractivity contribution in [3.8, 4) is 0 Å². The summed E-state index contributed by atoms with van der Waals surface area (Å²) < 4.78 is 0. The molecule has 0 amide bonds. The maximum atomic E-state index is 6.44. The Kier molecular flexibility index (Phi) is 5.47. The van der Waals surface area contributed by atoms with Gasteiger partial charge in [-0.1, -0.05) is 67.9 Å². The van der Waals surface area contributed by atoms with Crippen molar-refractivity contribution in [3.63, 3.8) is 0 Å². The number of alkyl halides is 1. The van der Waals surface area contributed by atoms with Crippen molar-refractivity contribution >= 4 is 11.6 Å². The molecule has 0 saturated carbocycles. The highest BCUT2D eigenvalue weighted by Gasteiger charge is 2.07. The predicted molar refractivity (Wildman–Crippen MR) is 83.8 cm³/mol. The molecule has 0 aliphatic rings. The summed E-state index contributed by atoms with van der Waals surface area (Å²) >= 11 is 6.44. The van der Waals surface area contributed by atoms with Crippen LogP contribution in [0, 0.1) is 0 Å². The van der Waals surface area contributed by atoms with E-state index in [4.69, 9.17) is 11.6 Å². The lowest BCUT2D eigenvalue weighted by Gasteiger charge is -2.10. The third-order valence-electron chi connectivity index (χ3n) is 3.41. The molecule has 1 atom stereocenters. The highest BCUT2D eigenvalue weighted by Crippen LogP contribution is 2.25. The normalized spacial score (nSPS) is 12.3. The average Bonchev–Trinajstić information content (AvgIpc) is 2.47. The Hall–Kier alpha value is -1.27. The molecule has 0 radical (unpaired) electrons. The molecule has 2 aromatic carbocycles. The first kappa shape index (κ1) is 14.1. The molecule has 0 aromatic heterocycles. The quantitative estimate of drug-likeness (QED) is 0.605. The average molecular weight is 273 g/mol. The first-order chi connectivity index (χ1) is 9.29. The second-order valence-electron chi connectivity index (χ2n) is 4.98. The molecule has 1 unspecified atom stereocenters. The number of rotatable bonds is 6. The summed E-state index contributed by atoms with van der Waals surface area (Å²) in [6.07, 6.45) is 4.40. The Morgan fingerprint density at radius 3 is 2.00 bits per heavy atom. The molecule has 100 valence electrons. The van der Waals surface area contributed by atoms with Crippen LogP contribution in [0.5, 0.6) is 0 Å². The largest absolute Gasteiger partial charge is 0.118 e. The van der Waals surface area contributed by atoms with Gasteiger partial charge in [-0.3, -0.25) is 0 Å². The van der Waals surface area contributed by atoms with Gasteiger partial charge in [-0.2, -0.15) is 0 Å². The van der Waals surface area contributed by atoms with E-state index in [0.717, 1.165) is 12.8 Å². The van der Waals surface area contributed by atoms with Crippen LogP contribution >= 0.6 is 11.6 Å². The first-order valence-corrected chi connectivity index (χ1v) is 7.50. The van der Waals surface area contributed by atoms with E-state index in [1.54, 1.807) is 0 Å². The van der Waals surface area contributed by atoms with Gasteiger partial charge in [0, 0.05) is 0 Å². The van der Waals surface area contributed by atoms with E-state index in [1.165, 1.54) is 29.5 Å². The lowest BCUT2D eigenvalue weighted by atomic mass is 10.0. The molecule has 0 nitrogen and oxygen atoms in total. The van der Waals surface area contributed by atoms with Crippen LogP contribution in [0.4, 0.5) is 0 Å². The van der Waals surface area contributed by atoms with E-state index in [9.17, 15) is 0 Å². The zero-order chi connectivity index (χ0) is 13.5. The fourth-order valence-corrected chi connectivity index (χ4v) is 2.54. The van der Waals surface area contributed by atoms with Gasteiger partial charge < -0.3 is 0 Å². The summed E-state index contributed by atoms with van der Waals surface area (Å²) in [6.45, 7) is 2.21. The number of aryl methyl sites for hydroxylation is 2. The van der Waals surface area contributed by atoms with Crippen molar-refractivity contribution in [1.82, 2.24) is 0 Å². The Balaban J connectivity index is 1.88. The standard InChI is InChI=1S/C18H21Cl/c1-2-6-15-9-11-16(12-10-15)13-14-18(19)17-7-4-3-5-8-17/h3-5,7-12,18H,2,6,13-14H2,1H3. The maximum Gasteiger partial charge on any atom is 0.0588 e. The molecule has 0 spiro atoms. The molecule has 0 aliphatic heterocycles. The summed E-state index contributed by atoms with van der Waals surface area (Å²) in [7, 11) is 0. The van der Waals surface area contributed by atoms with Crippen molar-refractivity contribution in [2.24, 2.45) is 0 Å². The van der Waals surface area contributed by atoms with E-state index in [1.807, 2.05) is 18.2 Å². The van der Waals surface area contributed by atoms with Gasteiger partial charge in [-0.15, -0.1) is 11.6 Å². The maximum absolute atomic E-state index is 6.44. The highest BCUT2D eigenvalue weighted by atomic mass is 35.5. The number of hydrogen-bond donors (Lipinski definition) is 0. The minimum absolute atomic E-state index is 0.108. The second-order valence-corrected chi connectivity index (χ2v) is 5.51. The van der Waals surface area contributed by atoms with Crippen LogP contribution in [0.1, 0.15) is 41.8 Å². The van der Waals surface area contributed by atoms with E-state index in [-0.39, 0.29) is 5.38 Å². The van der Waals surface area contributed by atoms with Crippen LogP contribution in [0.2, 0.25) is 0 Å². The van der Waals surface area contributed by atoms with Gasteiger partial charge in [0.1, 0.15) is 0 Å². The number of benzene rings is 2. The van der Waals surface area contributed by atoms with Crippen molar-refractivity contribution in [2.45, 2.75) is 38.0 Å². The third-order valence-corrected chi connectivity index (χ3v) is 3.88. The van der Waals surface area contributed by atoms with Crippen LogP contribution in [-0.4, -0.2) is 0 Å². The molecule has 0 bridgehead atoms. The monoisotopic (exact) mass is 272 g/mol. The van der Waals surface area contributed by atoms with E-state index < -0.39 is 0 Å². The molecular weight excluding hydrogens is 252 g/mol. The summed E-state index contributed by atoms with van der Waals surface area (Å²) in [5, 5.41) is 0.108. The molecular formula is C18H21Cl. The molecule has 0 N–H and O–H groups in total. The van der Waals surface area contributed by atoms with Gasteiger partial charge in [0.05, 0.1) is 5.38 Å². The van der Waals surface area contributed by atoms with Crippen LogP contribution in [0.3, 0.4) is 0 Å². The van der Waals surface area contributed by atoms with Crippen molar-refractivity contribution in [3.05, 3.63) is 71.3 Å². The van der Waals surface area contributed by atoms with Crippen molar-refractivity contribution < 1.29 is 0 Å². The van der Waals surface area contributed by atoms with Gasteiger partial charge in [0.25, 0.3) is 0 Å².